The summed E-state index contributed by atoms with van der Waals surface area (Å²) >= 11 is -2.48. The van der Waals surface area contributed by atoms with Crippen LogP contribution in [-0.4, -0.2) is 24.9 Å². The quantitative estimate of drug-likeness (QED) is 0.282. The van der Waals surface area contributed by atoms with Crippen molar-refractivity contribution < 1.29 is 33.5 Å². The molecular weight excluding hydrogens is 486 g/mol. The average Bonchev–Trinajstić information content (AvgIpc) is 2.63. The predicted molar refractivity (Wildman–Crippen MR) is 102 cm³/mol. The van der Waals surface area contributed by atoms with Gasteiger partial charge in [-0.15, -0.1) is 0 Å². The van der Waals surface area contributed by atoms with Gasteiger partial charge in [0, 0.05) is 0 Å². The summed E-state index contributed by atoms with van der Waals surface area (Å²) < 4.78 is 14.8. The van der Waals surface area contributed by atoms with Gasteiger partial charge >= 0.3 is 145 Å². The third-order valence-corrected chi connectivity index (χ3v) is 13.1. The van der Waals surface area contributed by atoms with E-state index in [-0.39, 0.29) is 24.0 Å². The molecule has 0 aliphatic carbocycles. The Morgan fingerprint density at radius 1 is 0.800 bits per heavy atom. The molecular formula is C21H21AsIO2. The normalized spacial score (nSPS) is 13.7. The summed E-state index contributed by atoms with van der Waals surface area (Å²) in [6.45, 7) is 2.71. The number of hydrogen-bond acceptors (Lipinski definition) is 1. The molecule has 0 atom stereocenters. The van der Waals surface area contributed by atoms with E-state index in [4.69, 9.17) is 9.47 Å². The molecule has 0 unspecified atom stereocenters. The number of rotatable bonds is 3. The zero-order valence-electron chi connectivity index (χ0n) is 14.3. The molecule has 0 saturated heterocycles. The van der Waals surface area contributed by atoms with Crippen molar-refractivity contribution in [3.63, 3.8) is 0 Å². The maximum Gasteiger partial charge on any atom is -1.00 e. The monoisotopic (exact) mass is 507 g/mol. The van der Waals surface area contributed by atoms with Crippen molar-refractivity contribution in [2.75, 3.05) is 6.61 Å². The van der Waals surface area contributed by atoms with E-state index in [9.17, 15) is 0 Å². The summed E-state index contributed by atoms with van der Waals surface area (Å²) in [5.74, 6) is 3.19. The first-order valence-corrected chi connectivity index (χ1v) is 12.9. The summed E-state index contributed by atoms with van der Waals surface area (Å²) in [7, 11) is 0. The summed E-state index contributed by atoms with van der Waals surface area (Å²) in [6, 6.07) is 25.9. The Morgan fingerprint density at radius 2 is 1.32 bits per heavy atom. The van der Waals surface area contributed by atoms with E-state index in [0.29, 0.717) is 6.61 Å². The standard InChI is InChI=1S/C21H20AsO2.HI/c1-3-23-17-14-12-16(13-15-17)22(2)18-8-4-6-10-20(18)24-21-11-7-5-9-19(21)22;/h4-15H,3H2,1-2H3;1H. The fraction of sp³-hybridized carbons (Fsp3) is 0.143. The largest absolute Gasteiger partial charge is 1.00 e. The average molecular weight is 507 g/mol. The van der Waals surface area contributed by atoms with Gasteiger partial charge < -0.3 is 24.0 Å². The molecule has 0 amide bonds. The van der Waals surface area contributed by atoms with Crippen LogP contribution in [0.4, 0.5) is 0 Å². The molecule has 0 spiro atoms. The Balaban J connectivity index is 0.00000182. The van der Waals surface area contributed by atoms with Crippen molar-refractivity contribution in [1.29, 1.82) is 0 Å². The molecule has 1 N–H and O–H groups in total. The van der Waals surface area contributed by atoms with Gasteiger partial charge in [-0.1, -0.05) is 0 Å². The van der Waals surface area contributed by atoms with Crippen LogP contribution in [0.1, 0.15) is 6.92 Å². The molecule has 1 aliphatic heterocycles. The predicted octanol–water partition coefficient (Wildman–Crippen LogP) is 0.157. The number of halogens is 1. The van der Waals surface area contributed by atoms with Gasteiger partial charge in [-0.3, -0.25) is 0 Å². The first-order chi connectivity index (χ1) is 11.7. The maximum absolute atomic E-state index is 5.62. The molecule has 3 aromatic rings. The Bertz CT molecular complexity index is 832. The topological polar surface area (TPSA) is 22.0 Å². The fourth-order valence-electron chi connectivity index (χ4n) is 3.42. The molecule has 0 bridgehead atoms. The summed E-state index contributed by atoms with van der Waals surface area (Å²) in [6.07, 6.45) is 0. The van der Waals surface area contributed by atoms with Crippen molar-refractivity contribution in [2.45, 2.75) is 12.6 Å². The maximum atomic E-state index is 5.62. The number of hydrogen-bond donors (Lipinski definition) is 0. The Morgan fingerprint density at radius 3 is 1.84 bits per heavy atom. The molecule has 25 heavy (non-hydrogen) atoms. The first kappa shape index (κ1) is 18.3. The van der Waals surface area contributed by atoms with Crippen LogP contribution >= 0.6 is 0 Å². The fourth-order valence-corrected chi connectivity index (χ4v) is 10.8. The molecule has 3 aromatic carbocycles. The molecule has 4 heteroatoms. The van der Waals surface area contributed by atoms with Crippen LogP contribution in [-0.2, 0) is 0 Å². The van der Waals surface area contributed by atoms with Crippen LogP contribution in [0.5, 0.6) is 17.2 Å². The molecule has 1 aliphatic rings. The molecule has 0 fully saturated rings. The summed E-state index contributed by atoms with van der Waals surface area (Å²) in [5, 5.41) is 0. The Hall–Kier alpha value is -1.45. The Kier molecular flexibility index (Phi) is 5.45. The van der Waals surface area contributed by atoms with E-state index >= 15 is 0 Å². The second-order valence-electron chi connectivity index (χ2n) is 6.02. The zero-order valence-corrected chi connectivity index (χ0v) is 18.4. The van der Waals surface area contributed by atoms with E-state index in [1.54, 1.807) is 0 Å². The molecule has 0 saturated carbocycles. The summed E-state index contributed by atoms with van der Waals surface area (Å²) in [5.41, 5.74) is 2.46. The van der Waals surface area contributed by atoms with Gasteiger partial charge in [-0.2, -0.15) is 0 Å². The van der Waals surface area contributed by atoms with Gasteiger partial charge in [0.25, 0.3) is 0 Å². The second-order valence-corrected chi connectivity index (χ2v) is 13.3. The van der Waals surface area contributed by atoms with Crippen molar-refractivity contribution in [1.82, 2.24) is 0 Å². The molecule has 2 nitrogen and oxygen atoms in total. The van der Waals surface area contributed by atoms with Gasteiger partial charge in [-0.25, -0.2) is 0 Å². The SMILES string of the molecule is CCOc1ccc([As]2(C)c3ccccc3[OH+]c3ccccc32)cc1.[I-]. The van der Waals surface area contributed by atoms with Crippen LogP contribution in [0.25, 0.3) is 0 Å². The van der Waals surface area contributed by atoms with Crippen molar-refractivity contribution in [3.8, 4) is 17.2 Å². The molecule has 1 radical (unpaired) electrons. The number of aromatic hydroxyl groups is 2. The molecule has 129 valence electrons. The van der Waals surface area contributed by atoms with E-state index in [2.05, 4.69) is 78.5 Å². The van der Waals surface area contributed by atoms with Crippen LogP contribution in [0.2, 0.25) is 5.71 Å². The van der Waals surface area contributed by atoms with Gasteiger partial charge in [0.1, 0.15) is 0 Å². The van der Waals surface area contributed by atoms with Gasteiger partial charge in [0.05, 0.1) is 0 Å². The van der Waals surface area contributed by atoms with E-state index in [1.807, 2.05) is 6.92 Å². The zero-order chi connectivity index (χ0) is 16.6. The second kappa shape index (κ2) is 7.43. The van der Waals surface area contributed by atoms with Crippen LogP contribution in [0.3, 0.4) is 0 Å². The number of fused-ring (bicyclic) bond motifs is 2. The van der Waals surface area contributed by atoms with Crippen molar-refractivity contribution in [3.05, 3.63) is 72.8 Å². The third-order valence-electron chi connectivity index (χ3n) is 4.63. The number of para-hydroxylation sites is 2. The number of ether oxygens (including phenoxy) is 2. The van der Waals surface area contributed by atoms with Crippen molar-refractivity contribution in [2.24, 2.45) is 0 Å². The van der Waals surface area contributed by atoms with Gasteiger partial charge in [-0.05, 0) is 0 Å². The van der Waals surface area contributed by atoms with E-state index in [0.717, 1.165) is 17.2 Å². The summed E-state index contributed by atoms with van der Waals surface area (Å²) in [4.78, 5) is 0. The minimum absolute atomic E-state index is 0. The molecule has 0 aromatic heterocycles. The number of benzene rings is 3. The van der Waals surface area contributed by atoms with E-state index in [1.165, 1.54) is 13.1 Å². The Labute approximate surface area is 168 Å². The smallest absolute Gasteiger partial charge is 1.00 e. The molecule has 4 rings (SSSR count). The third kappa shape index (κ3) is 3.09. The van der Waals surface area contributed by atoms with Crippen LogP contribution in [0.15, 0.2) is 72.8 Å². The van der Waals surface area contributed by atoms with Gasteiger partial charge in [0.2, 0.25) is 0 Å². The first-order valence-electron chi connectivity index (χ1n) is 8.24. The van der Waals surface area contributed by atoms with E-state index < -0.39 is 13.6 Å². The van der Waals surface area contributed by atoms with Crippen LogP contribution in [0, 0.1) is 0 Å². The minimum atomic E-state index is -2.48. The minimum Gasteiger partial charge on any atom is -1.00 e. The molecule has 1 heterocycles. The van der Waals surface area contributed by atoms with Gasteiger partial charge in [0.15, 0.2) is 0 Å². The van der Waals surface area contributed by atoms with Crippen LogP contribution < -0.4 is 41.8 Å². The van der Waals surface area contributed by atoms with Crippen molar-refractivity contribution >= 4 is 26.6 Å².